The highest BCUT2D eigenvalue weighted by Gasteiger charge is 2.41. The van der Waals surface area contributed by atoms with Crippen molar-refractivity contribution in [3.63, 3.8) is 0 Å². The van der Waals surface area contributed by atoms with Crippen LogP contribution in [0.3, 0.4) is 0 Å². The molecule has 0 saturated carbocycles. The van der Waals surface area contributed by atoms with Crippen LogP contribution >= 0.6 is 11.6 Å². The van der Waals surface area contributed by atoms with Crippen molar-refractivity contribution in [2.24, 2.45) is 16.7 Å². The normalized spacial score (nSPS) is 17.1. The van der Waals surface area contributed by atoms with Gasteiger partial charge in [-0.1, -0.05) is 123 Å². The maximum Gasteiger partial charge on any atom is 0.409 e. The predicted molar refractivity (Wildman–Crippen MR) is 217 cm³/mol. The summed E-state index contributed by atoms with van der Waals surface area (Å²) in [4.78, 5) is 16.7. The van der Waals surface area contributed by atoms with Crippen LogP contribution in [0.2, 0.25) is 0 Å². The molecule has 0 spiro atoms. The van der Waals surface area contributed by atoms with Crippen LogP contribution in [0, 0.1) is 28.4 Å². The SMILES string of the molecule is CC(C)(C)CCCCCCCCCCCOC(=O)N1C[C@@H](CN(CCCl)[C@@H](c2cc(-c3cc(F)ccc3F)cn2Cc2ccccc2)C(C)(C)C)[C@@H](F)C1. The van der Waals surface area contributed by atoms with Crippen LogP contribution in [-0.2, 0) is 11.3 Å². The summed E-state index contributed by atoms with van der Waals surface area (Å²) in [6.45, 7) is 15.3. The van der Waals surface area contributed by atoms with Crippen LogP contribution < -0.4 is 0 Å². The number of carbonyl (C=O) groups is 1. The molecule has 0 bridgehead atoms. The minimum Gasteiger partial charge on any atom is -0.449 e. The molecule has 3 aromatic rings. The lowest BCUT2D eigenvalue weighted by Crippen LogP contribution is -2.43. The minimum atomic E-state index is -1.21. The number of nitrogens with zero attached hydrogens (tertiary/aromatic N) is 3. The highest BCUT2D eigenvalue weighted by atomic mass is 35.5. The van der Waals surface area contributed by atoms with Gasteiger partial charge in [0.2, 0.25) is 0 Å². The summed E-state index contributed by atoms with van der Waals surface area (Å²) in [5.74, 6) is -1.13. The molecular formula is C45H65ClF3N3O2. The molecule has 3 atom stereocenters. The summed E-state index contributed by atoms with van der Waals surface area (Å²) >= 11 is 6.42. The Morgan fingerprint density at radius 2 is 1.54 bits per heavy atom. The summed E-state index contributed by atoms with van der Waals surface area (Å²) in [5, 5.41) is 0. The third kappa shape index (κ3) is 13.6. The molecule has 9 heteroatoms. The van der Waals surface area contributed by atoms with Gasteiger partial charge in [-0.05, 0) is 53.5 Å². The Bertz CT molecular complexity index is 1570. The highest BCUT2D eigenvalue weighted by molar-refractivity contribution is 6.18. The smallest absolute Gasteiger partial charge is 0.409 e. The lowest BCUT2D eigenvalue weighted by Gasteiger charge is -2.42. The van der Waals surface area contributed by atoms with E-state index in [1.165, 1.54) is 55.9 Å². The van der Waals surface area contributed by atoms with Crippen molar-refractivity contribution in [2.75, 3.05) is 38.7 Å². The quantitative estimate of drug-likeness (QED) is 0.0848. The number of hydrogen-bond donors (Lipinski definition) is 0. The van der Waals surface area contributed by atoms with Crippen molar-refractivity contribution in [3.05, 3.63) is 83.7 Å². The van der Waals surface area contributed by atoms with Gasteiger partial charge in [0.05, 0.1) is 19.2 Å². The summed E-state index contributed by atoms with van der Waals surface area (Å²) in [5.41, 5.74) is 2.78. The fraction of sp³-hybridized carbons (Fsp3) is 0.622. The van der Waals surface area contributed by atoms with Crippen LogP contribution in [0.1, 0.15) is 123 Å². The van der Waals surface area contributed by atoms with Gasteiger partial charge >= 0.3 is 6.09 Å². The van der Waals surface area contributed by atoms with E-state index in [4.69, 9.17) is 16.3 Å². The van der Waals surface area contributed by atoms with E-state index >= 15 is 8.78 Å². The number of amides is 1. The average molecular weight is 772 g/mol. The molecule has 1 saturated heterocycles. The molecule has 4 rings (SSSR count). The van der Waals surface area contributed by atoms with Gasteiger partial charge in [-0.15, -0.1) is 11.6 Å². The number of benzene rings is 2. The molecule has 0 N–H and O–H groups in total. The first-order valence-corrected chi connectivity index (χ1v) is 20.7. The van der Waals surface area contributed by atoms with Gasteiger partial charge in [-0.2, -0.15) is 0 Å². The van der Waals surface area contributed by atoms with Crippen LogP contribution in [-0.4, -0.2) is 65.3 Å². The first-order valence-electron chi connectivity index (χ1n) is 20.2. The van der Waals surface area contributed by atoms with Gasteiger partial charge in [0.25, 0.3) is 0 Å². The Hall–Kier alpha value is -2.97. The molecule has 0 radical (unpaired) electrons. The molecule has 300 valence electrons. The van der Waals surface area contributed by atoms with Crippen LogP contribution in [0.5, 0.6) is 0 Å². The second-order valence-corrected chi connectivity index (χ2v) is 18.0. The van der Waals surface area contributed by atoms with E-state index in [0.717, 1.165) is 42.7 Å². The van der Waals surface area contributed by atoms with E-state index in [-0.39, 0.29) is 30.1 Å². The molecule has 0 aliphatic carbocycles. The largest absolute Gasteiger partial charge is 0.449 e. The predicted octanol–water partition coefficient (Wildman–Crippen LogP) is 12.5. The molecule has 1 aromatic heterocycles. The van der Waals surface area contributed by atoms with Crippen molar-refractivity contribution in [3.8, 4) is 11.1 Å². The molecule has 54 heavy (non-hydrogen) atoms. The third-order valence-electron chi connectivity index (χ3n) is 10.6. The summed E-state index contributed by atoms with van der Waals surface area (Å²) in [7, 11) is 0. The lowest BCUT2D eigenvalue weighted by molar-refractivity contribution is 0.0718. The molecule has 1 fully saturated rings. The van der Waals surface area contributed by atoms with E-state index in [9.17, 15) is 9.18 Å². The number of ether oxygens (including phenoxy) is 1. The zero-order chi connectivity index (χ0) is 39.3. The fourth-order valence-electron chi connectivity index (χ4n) is 7.85. The van der Waals surface area contributed by atoms with Gasteiger partial charge in [0.1, 0.15) is 17.8 Å². The number of unbranched alkanes of at least 4 members (excludes halogenated alkanes) is 8. The number of likely N-dealkylation sites (tertiary alicyclic amines) is 1. The second-order valence-electron chi connectivity index (χ2n) is 17.6. The van der Waals surface area contributed by atoms with Crippen LogP contribution in [0.15, 0.2) is 60.8 Å². The number of rotatable bonds is 20. The molecule has 5 nitrogen and oxygen atoms in total. The maximum atomic E-state index is 15.8. The summed E-state index contributed by atoms with van der Waals surface area (Å²) in [6, 6.07) is 15.1. The van der Waals surface area contributed by atoms with Crippen LogP contribution in [0.25, 0.3) is 11.1 Å². The zero-order valence-electron chi connectivity index (χ0n) is 33.7. The van der Waals surface area contributed by atoms with Gasteiger partial charge in [-0.25, -0.2) is 18.0 Å². The molecule has 2 heterocycles. The van der Waals surface area contributed by atoms with E-state index in [0.29, 0.717) is 43.1 Å². The summed E-state index contributed by atoms with van der Waals surface area (Å²) < 4.78 is 52.9. The third-order valence-corrected chi connectivity index (χ3v) is 10.8. The molecule has 1 aliphatic heterocycles. The number of hydrogen-bond acceptors (Lipinski definition) is 3. The second kappa shape index (κ2) is 20.8. The van der Waals surface area contributed by atoms with Gasteiger partial charge in [0.15, 0.2) is 0 Å². The maximum absolute atomic E-state index is 15.8. The standard InChI is InChI=1S/C45H65ClF3N3O2/c1-44(2,3)23-17-12-10-8-7-9-11-13-18-26-54-43(53)52-32-36(40(49)33-52)31-50(25-24-46)42(45(4,5)6)41-27-35(38-28-37(47)21-22-39(38)48)30-51(41)29-34-19-15-14-16-20-34/h14-16,19-22,27-28,30,36,40,42H,7-13,17-18,23-26,29,31-33H2,1-6H3/t36-,40+,42+/m1/s1. The Balaban J connectivity index is 1.37. The lowest BCUT2D eigenvalue weighted by atomic mass is 9.82. The van der Waals surface area contributed by atoms with E-state index < -0.39 is 29.8 Å². The molecule has 0 unspecified atom stereocenters. The van der Waals surface area contributed by atoms with Gasteiger partial charge in [-0.3, -0.25) is 4.90 Å². The first kappa shape index (κ1) is 43.8. The van der Waals surface area contributed by atoms with Crippen molar-refractivity contribution >= 4 is 17.7 Å². The average Bonchev–Trinajstić information content (AvgIpc) is 3.68. The van der Waals surface area contributed by atoms with Crippen molar-refractivity contribution in [1.29, 1.82) is 0 Å². The van der Waals surface area contributed by atoms with E-state index in [1.807, 2.05) is 42.6 Å². The molecule has 1 amide bonds. The number of aromatic nitrogens is 1. The van der Waals surface area contributed by atoms with E-state index in [2.05, 4.69) is 51.0 Å². The Labute approximate surface area is 328 Å². The van der Waals surface area contributed by atoms with Crippen LogP contribution in [0.4, 0.5) is 18.0 Å². The monoisotopic (exact) mass is 771 g/mol. The Kier molecular flexibility index (Phi) is 16.9. The van der Waals surface area contributed by atoms with Crippen molar-refractivity contribution in [1.82, 2.24) is 14.4 Å². The highest BCUT2D eigenvalue weighted by Crippen LogP contribution is 2.42. The number of alkyl halides is 2. The minimum absolute atomic E-state index is 0.00152. The topological polar surface area (TPSA) is 37.7 Å². The van der Waals surface area contributed by atoms with Gasteiger partial charge in [0, 0.05) is 61.0 Å². The Morgan fingerprint density at radius 3 is 2.17 bits per heavy atom. The summed E-state index contributed by atoms with van der Waals surface area (Å²) in [6.07, 6.45) is 12.2. The van der Waals surface area contributed by atoms with Crippen molar-refractivity contribution in [2.45, 2.75) is 125 Å². The van der Waals surface area contributed by atoms with Gasteiger partial charge < -0.3 is 14.2 Å². The molecule has 1 aliphatic rings. The van der Waals surface area contributed by atoms with E-state index in [1.54, 1.807) is 0 Å². The zero-order valence-corrected chi connectivity index (χ0v) is 34.5. The van der Waals surface area contributed by atoms with Crippen molar-refractivity contribution < 1.29 is 22.7 Å². The fourth-order valence-corrected chi connectivity index (χ4v) is 8.07. The first-order chi connectivity index (χ1) is 25.7. The number of halogens is 4. The molecule has 2 aromatic carbocycles. The number of carbonyl (C=O) groups excluding carboxylic acids is 1. The Morgan fingerprint density at radius 1 is 0.889 bits per heavy atom. The molecular weight excluding hydrogens is 707 g/mol.